The van der Waals surface area contributed by atoms with Crippen molar-refractivity contribution in [2.45, 2.75) is 75.8 Å². The van der Waals surface area contributed by atoms with Gasteiger partial charge in [-0.15, -0.1) is 0 Å². The average Bonchev–Trinajstić information content (AvgIpc) is 3.73. The van der Waals surface area contributed by atoms with Crippen molar-refractivity contribution in [1.82, 2.24) is 19.8 Å². The van der Waals surface area contributed by atoms with E-state index in [2.05, 4.69) is 71.2 Å². The lowest BCUT2D eigenvalue weighted by Crippen LogP contribution is -2.69. The van der Waals surface area contributed by atoms with Crippen molar-refractivity contribution in [2.24, 2.45) is 23.2 Å². The average molecular weight is 747 g/mol. The Morgan fingerprint density at radius 2 is 1.84 bits per heavy atom. The molecule has 7 aliphatic rings. The van der Waals surface area contributed by atoms with E-state index < -0.39 is 10.8 Å². The molecular formula is C44H50N4O7. The molecule has 1 unspecified atom stereocenters. The first-order valence-corrected chi connectivity index (χ1v) is 20.0. The van der Waals surface area contributed by atoms with E-state index in [1.807, 2.05) is 4.90 Å². The van der Waals surface area contributed by atoms with Gasteiger partial charge in [-0.2, -0.15) is 0 Å². The Labute approximate surface area is 320 Å². The molecule has 288 valence electrons. The predicted octanol–water partition coefficient (Wildman–Crippen LogP) is 5.74. The van der Waals surface area contributed by atoms with E-state index in [-0.39, 0.29) is 60.2 Å². The van der Waals surface area contributed by atoms with Crippen molar-refractivity contribution in [3.63, 3.8) is 0 Å². The predicted molar refractivity (Wildman–Crippen MR) is 206 cm³/mol. The van der Waals surface area contributed by atoms with E-state index in [1.54, 1.807) is 7.11 Å². The first-order chi connectivity index (χ1) is 26.7. The van der Waals surface area contributed by atoms with Crippen molar-refractivity contribution < 1.29 is 33.3 Å². The summed E-state index contributed by atoms with van der Waals surface area (Å²) in [5.74, 6) is -0.0660. The highest BCUT2D eigenvalue weighted by molar-refractivity contribution is 5.97. The summed E-state index contributed by atoms with van der Waals surface area (Å²) in [6.07, 6.45) is 6.18. The molecule has 7 heterocycles. The normalized spacial score (nSPS) is 34.1. The van der Waals surface area contributed by atoms with Crippen LogP contribution in [0, 0.1) is 23.2 Å². The number of nitrogens with zero attached hydrogens (tertiary/aromatic N) is 2. The number of carbonyl (C=O) groups is 3. The monoisotopic (exact) mass is 746 g/mol. The zero-order chi connectivity index (χ0) is 38.0. The molecule has 11 nitrogen and oxygen atoms in total. The maximum Gasteiger partial charge on any atom is 0.319 e. The summed E-state index contributed by atoms with van der Waals surface area (Å²) < 4.78 is 24.0. The molecule has 5 aliphatic heterocycles. The Bertz CT molecular complexity index is 2310. The second kappa shape index (κ2) is 12.4. The summed E-state index contributed by atoms with van der Waals surface area (Å²) in [5.41, 5.74) is 6.51. The lowest BCUT2D eigenvalue weighted by Gasteiger charge is -2.57. The molecule has 11 rings (SSSR count). The minimum absolute atomic E-state index is 0.112. The van der Waals surface area contributed by atoms with Gasteiger partial charge < -0.3 is 33.8 Å². The summed E-state index contributed by atoms with van der Waals surface area (Å²) in [4.78, 5) is 54.8. The van der Waals surface area contributed by atoms with Crippen molar-refractivity contribution in [3.8, 4) is 5.75 Å². The number of methoxy groups -OCH3 is 3. The van der Waals surface area contributed by atoms with Gasteiger partial charge in [-0.25, -0.2) is 0 Å². The maximum absolute atomic E-state index is 14.4. The molecule has 55 heavy (non-hydrogen) atoms. The van der Waals surface area contributed by atoms with Crippen LogP contribution in [0.5, 0.6) is 5.75 Å². The van der Waals surface area contributed by atoms with Crippen molar-refractivity contribution in [1.29, 1.82) is 0 Å². The highest BCUT2D eigenvalue weighted by Crippen LogP contribution is 2.59. The molecule has 2 aliphatic carbocycles. The third kappa shape index (κ3) is 4.42. The second-order valence-electron chi connectivity index (χ2n) is 16.8. The highest BCUT2D eigenvalue weighted by atomic mass is 16.5. The van der Waals surface area contributed by atoms with Gasteiger partial charge in [0.1, 0.15) is 16.6 Å². The SMILES string of the molecule is C/C=C1/CN2COC[C@]3(C(=O)OC)[C@@H]1C[C@@H](c1c(OC)ccc4c5c([nH]c14)[C@]1(C(=O)OC)C[C@H]4C[C@H](CC)[C@@H]1N(CC5)C4=O)c1[nH]c4ccccc4c1C[C@H]23. The minimum Gasteiger partial charge on any atom is -0.496 e. The number of esters is 2. The molecule has 1 amide bonds. The lowest BCUT2D eigenvalue weighted by atomic mass is 9.56. The Balaban J connectivity index is 1.26. The van der Waals surface area contributed by atoms with Gasteiger partial charge in [0.25, 0.3) is 0 Å². The maximum atomic E-state index is 14.4. The molecule has 8 bridgehead atoms. The van der Waals surface area contributed by atoms with Crippen LogP contribution in [-0.2, 0) is 46.9 Å². The number of para-hydroxylation sites is 1. The number of carbonyl (C=O) groups excluding carboxylic acids is 3. The van der Waals surface area contributed by atoms with Crippen LogP contribution in [0.25, 0.3) is 21.8 Å². The van der Waals surface area contributed by atoms with E-state index in [4.69, 9.17) is 18.9 Å². The topological polar surface area (TPSA) is 126 Å². The number of allylic oxidation sites excluding steroid dienone is 1. The Hall–Kier alpha value is -4.61. The molecule has 0 spiro atoms. The third-order valence-electron chi connectivity index (χ3n) is 14.9. The fraction of sp³-hybridized carbons (Fsp3) is 0.523. The zero-order valence-electron chi connectivity index (χ0n) is 32.3. The number of benzene rings is 2. The summed E-state index contributed by atoms with van der Waals surface area (Å²) in [6.45, 7) is 6.25. The van der Waals surface area contributed by atoms with Crippen LogP contribution in [0.1, 0.15) is 73.5 Å². The molecule has 4 saturated heterocycles. The van der Waals surface area contributed by atoms with Crippen LogP contribution in [0.4, 0.5) is 0 Å². The molecule has 2 N–H and O–H groups in total. The summed E-state index contributed by atoms with van der Waals surface area (Å²) >= 11 is 0. The molecule has 11 heteroatoms. The van der Waals surface area contributed by atoms with Crippen molar-refractivity contribution in [3.05, 3.63) is 76.1 Å². The third-order valence-corrected chi connectivity index (χ3v) is 14.9. The van der Waals surface area contributed by atoms with Gasteiger partial charge in [0.15, 0.2) is 0 Å². The van der Waals surface area contributed by atoms with E-state index >= 15 is 0 Å². The number of aromatic amines is 2. The van der Waals surface area contributed by atoms with Gasteiger partial charge in [-0.1, -0.05) is 43.2 Å². The zero-order valence-corrected chi connectivity index (χ0v) is 32.3. The molecule has 2 aromatic carbocycles. The number of fused-ring (bicyclic) bond motifs is 7. The van der Waals surface area contributed by atoms with Crippen LogP contribution in [0.2, 0.25) is 0 Å². The minimum atomic E-state index is -1.01. The molecule has 1 saturated carbocycles. The van der Waals surface area contributed by atoms with Crippen LogP contribution >= 0.6 is 0 Å². The lowest BCUT2D eigenvalue weighted by molar-refractivity contribution is -0.199. The number of hydrogen-bond donors (Lipinski definition) is 2. The number of aromatic nitrogens is 2. The number of ether oxygens (including phenoxy) is 4. The fourth-order valence-corrected chi connectivity index (χ4v) is 12.7. The van der Waals surface area contributed by atoms with Crippen LogP contribution in [-0.4, -0.2) is 97.5 Å². The molecule has 0 radical (unpaired) electrons. The largest absolute Gasteiger partial charge is 0.496 e. The summed E-state index contributed by atoms with van der Waals surface area (Å²) in [6, 6.07) is 12.2. The summed E-state index contributed by atoms with van der Waals surface area (Å²) in [5, 5.41) is 2.17. The fourth-order valence-electron chi connectivity index (χ4n) is 12.7. The Morgan fingerprint density at radius 3 is 2.60 bits per heavy atom. The standard InChI is InChI=1S/C44H50N4O7/c1-6-23-16-25-19-43(41(50)53-4)38-28(14-15-48(39(23)43)40(25)49)27-12-13-33(52-3)35(37(27)46-38)30-17-31-24(7-2)20-47-22-55-21-44(31,42(51)54-5)34(47)18-29-26-10-8-9-11-32(26)45-36(29)30/h7-13,23,25,30-31,34,39,45-46H,6,14-22H2,1-5H3/b24-7-/t23-,25+,30-,31+,34-,39-,43+,44-/m0/s1. The van der Waals surface area contributed by atoms with Crippen LogP contribution in [0.3, 0.4) is 0 Å². The van der Waals surface area contributed by atoms with Crippen LogP contribution in [0.15, 0.2) is 48.0 Å². The first-order valence-electron chi connectivity index (χ1n) is 20.0. The number of nitrogens with one attached hydrogen (secondary N) is 2. The van der Waals surface area contributed by atoms with Gasteiger partial charge in [-0.3, -0.25) is 19.3 Å². The van der Waals surface area contributed by atoms with E-state index in [0.717, 1.165) is 62.9 Å². The van der Waals surface area contributed by atoms with Gasteiger partial charge in [-0.05, 0) is 74.3 Å². The van der Waals surface area contributed by atoms with Gasteiger partial charge in [0, 0.05) is 70.1 Å². The highest BCUT2D eigenvalue weighted by Gasteiger charge is 2.66. The van der Waals surface area contributed by atoms with E-state index in [0.29, 0.717) is 45.5 Å². The number of rotatable bonds is 5. The molecule has 9 atom stereocenters. The Morgan fingerprint density at radius 1 is 1.02 bits per heavy atom. The smallest absolute Gasteiger partial charge is 0.319 e. The van der Waals surface area contributed by atoms with Gasteiger partial charge in [0.2, 0.25) is 5.91 Å². The number of amides is 1. The summed E-state index contributed by atoms with van der Waals surface area (Å²) in [7, 11) is 4.69. The van der Waals surface area contributed by atoms with E-state index in [9.17, 15) is 14.4 Å². The van der Waals surface area contributed by atoms with Gasteiger partial charge in [0.05, 0.1) is 46.2 Å². The quantitative estimate of drug-likeness (QED) is 0.196. The van der Waals surface area contributed by atoms with Crippen molar-refractivity contribution >= 4 is 39.7 Å². The number of hydrogen-bond acceptors (Lipinski definition) is 8. The number of H-pyrrole nitrogens is 2. The molecule has 4 aromatic rings. The number of piperidine rings is 3. The van der Waals surface area contributed by atoms with Gasteiger partial charge >= 0.3 is 11.9 Å². The second-order valence-corrected chi connectivity index (χ2v) is 16.8. The van der Waals surface area contributed by atoms with E-state index in [1.165, 1.54) is 25.4 Å². The van der Waals surface area contributed by atoms with Crippen LogP contribution < -0.4 is 4.74 Å². The Kier molecular flexibility index (Phi) is 7.89. The van der Waals surface area contributed by atoms with Crippen molar-refractivity contribution in [2.75, 3.05) is 47.8 Å². The molecule has 2 aromatic heterocycles. The molecular weight excluding hydrogens is 697 g/mol. The first kappa shape index (κ1) is 34.8. The molecule has 5 fully saturated rings.